The van der Waals surface area contributed by atoms with E-state index in [1.165, 1.54) is 12.1 Å². The van der Waals surface area contributed by atoms with E-state index in [1.807, 2.05) is 18.2 Å². The van der Waals surface area contributed by atoms with Gasteiger partial charge in [-0.05, 0) is 30.7 Å². The van der Waals surface area contributed by atoms with Gasteiger partial charge in [0.1, 0.15) is 5.75 Å². The third-order valence-corrected chi connectivity index (χ3v) is 3.13. The fourth-order valence-corrected chi connectivity index (χ4v) is 1.98. The van der Waals surface area contributed by atoms with Crippen LogP contribution in [0.5, 0.6) is 17.2 Å². The molecule has 0 aliphatic carbocycles. The Balaban J connectivity index is 2.34. The van der Waals surface area contributed by atoms with Crippen LogP contribution in [0.2, 0.25) is 0 Å². The van der Waals surface area contributed by atoms with E-state index in [0.29, 0.717) is 18.0 Å². The van der Waals surface area contributed by atoms with Gasteiger partial charge in [0, 0.05) is 6.54 Å². The van der Waals surface area contributed by atoms with Crippen molar-refractivity contribution >= 4 is 11.7 Å². The number of aromatic carboxylic acids is 1. The fourth-order valence-electron chi connectivity index (χ4n) is 1.98. The van der Waals surface area contributed by atoms with Crippen molar-refractivity contribution in [3.63, 3.8) is 0 Å². The van der Waals surface area contributed by atoms with Crippen molar-refractivity contribution in [1.29, 1.82) is 0 Å². The summed E-state index contributed by atoms with van der Waals surface area (Å²) in [6, 6.07) is 11.7. The summed E-state index contributed by atoms with van der Waals surface area (Å²) in [7, 11) is 0. The summed E-state index contributed by atoms with van der Waals surface area (Å²) in [4.78, 5) is 11.1. The molecule has 0 bridgehead atoms. The van der Waals surface area contributed by atoms with Gasteiger partial charge >= 0.3 is 5.97 Å². The summed E-state index contributed by atoms with van der Waals surface area (Å²) < 4.78 is 5.70. The molecule has 2 rings (SSSR count). The van der Waals surface area contributed by atoms with Gasteiger partial charge in [-0.2, -0.15) is 0 Å². The van der Waals surface area contributed by atoms with Gasteiger partial charge < -0.3 is 20.3 Å². The van der Waals surface area contributed by atoms with E-state index < -0.39 is 5.97 Å². The van der Waals surface area contributed by atoms with Crippen LogP contribution in [0.4, 0.5) is 5.69 Å². The number of ether oxygens (including phenoxy) is 1. The number of anilines is 1. The molecule has 3 N–H and O–H groups in total. The van der Waals surface area contributed by atoms with Crippen molar-refractivity contribution in [1.82, 2.24) is 0 Å². The molecule has 0 spiro atoms. The van der Waals surface area contributed by atoms with Gasteiger partial charge in [0.05, 0.1) is 11.3 Å². The van der Waals surface area contributed by atoms with Gasteiger partial charge in [-0.1, -0.05) is 31.5 Å². The largest absolute Gasteiger partial charge is 0.504 e. The zero-order valence-electron chi connectivity index (χ0n) is 12.4. The minimum absolute atomic E-state index is 0.0110. The molecule has 0 fully saturated rings. The average Bonchev–Trinajstić information content (AvgIpc) is 2.51. The van der Waals surface area contributed by atoms with E-state index in [2.05, 4.69) is 12.2 Å². The number of rotatable bonds is 7. The highest BCUT2D eigenvalue weighted by atomic mass is 16.5. The maximum atomic E-state index is 11.1. The maximum absolute atomic E-state index is 11.1. The lowest BCUT2D eigenvalue weighted by Gasteiger charge is -2.15. The predicted molar refractivity (Wildman–Crippen MR) is 85.0 cm³/mol. The van der Waals surface area contributed by atoms with Crippen LogP contribution in [0.15, 0.2) is 42.5 Å². The van der Waals surface area contributed by atoms with E-state index in [0.717, 1.165) is 12.8 Å². The van der Waals surface area contributed by atoms with Crippen LogP contribution in [0, 0.1) is 0 Å². The molecule has 0 aliphatic rings. The van der Waals surface area contributed by atoms with E-state index in [9.17, 15) is 9.90 Å². The molecule has 0 saturated heterocycles. The number of hydrogen-bond donors (Lipinski definition) is 3. The predicted octanol–water partition coefficient (Wildman–Crippen LogP) is 4.09. The molecule has 0 unspecified atom stereocenters. The molecule has 5 heteroatoms. The summed E-state index contributed by atoms with van der Waals surface area (Å²) in [5.74, 6) is -0.505. The minimum Gasteiger partial charge on any atom is -0.504 e. The smallest absolute Gasteiger partial charge is 0.335 e. The normalized spacial score (nSPS) is 10.2. The molecule has 116 valence electrons. The Morgan fingerprint density at radius 1 is 1.23 bits per heavy atom. The lowest BCUT2D eigenvalue weighted by Crippen LogP contribution is -2.05. The summed E-state index contributed by atoms with van der Waals surface area (Å²) in [6.07, 6.45) is 1.94. The molecular weight excluding hydrogens is 282 g/mol. The van der Waals surface area contributed by atoms with Crippen LogP contribution in [-0.2, 0) is 0 Å². The third-order valence-electron chi connectivity index (χ3n) is 3.13. The molecule has 0 radical (unpaired) electrons. The van der Waals surface area contributed by atoms with Crippen molar-refractivity contribution in [2.75, 3.05) is 11.9 Å². The number of carboxylic acid groups (broad SMARTS) is 1. The number of aromatic hydroxyl groups is 1. The number of carbonyl (C=O) groups is 1. The highest BCUT2D eigenvalue weighted by Crippen LogP contribution is 2.39. The van der Waals surface area contributed by atoms with Crippen LogP contribution < -0.4 is 10.1 Å². The number of para-hydroxylation sites is 1. The summed E-state index contributed by atoms with van der Waals surface area (Å²) >= 11 is 0. The van der Waals surface area contributed by atoms with Crippen LogP contribution in [0.3, 0.4) is 0 Å². The van der Waals surface area contributed by atoms with Crippen molar-refractivity contribution < 1.29 is 19.7 Å². The van der Waals surface area contributed by atoms with Crippen LogP contribution in [0.25, 0.3) is 0 Å². The Morgan fingerprint density at radius 2 is 1.95 bits per heavy atom. The van der Waals surface area contributed by atoms with E-state index >= 15 is 0 Å². The van der Waals surface area contributed by atoms with Gasteiger partial charge in [0.15, 0.2) is 11.5 Å². The summed E-state index contributed by atoms with van der Waals surface area (Å²) in [6.45, 7) is 2.73. The first-order valence-electron chi connectivity index (χ1n) is 7.19. The van der Waals surface area contributed by atoms with Crippen molar-refractivity contribution in [3.05, 3.63) is 48.0 Å². The number of phenolic OH excluding ortho intramolecular Hbond substituents is 1. The third kappa shape index (κ3) is 3.91. The first-order valence-corrected chi connectivity index (χ1v) is 7.19. The number of unbranched alkanes of at least 4 members (excludes halogenated alkanes) is 1. The number of nitrogens with one attached hydrogen (secondary N) is 1. The second-order valence-electron chi connectivity index (χ2n) is 4.87. The monoisotopic (exact) mass is 301 g/mol. The van der Waals surface area contributed by atoms with Gasteiger partial charge in [-0.3, -0.25) is 0 Å². The van der Waals surface area contributed by atoms with E-state index in [1.54, 1.807) is 12.1 Å². The molecule has 5 nitrogen and oxygen atoms in total. The van der Waals surface area contributed by atoms with Crippen molar-refractivity contribution in [2.24, 2.45) is 0 Å². The summed E-state index contributed by atoms with van der Waals surface area (Å²) in [5, 5.41) is 22.3. The lowest BCUT2D eigenvalue weighted by molar-refractivity contribution is 0.0696. The first-order chi connectivity index (χ1) is 10.6. The Morgan fingerprint density at radius 3 is 2.59 bits per heavy atom. The van der Waals surface area contributed by atoms with Crippen molar-refractivity contribution in [3.8, 4) is 17.2 Å². The standard InChI is InChI=1S/C17H19NO4/c1-2-3-9-18-14-10-12(17(20)21)11-15(19)16(14)22-13-7-5-4-6-8-13/h4-8,10-11,18-19H,2-3,9H2,1H3,(H,20,21). The van der Waals surface area contributed by atoms with Gasteiger partial charge in [-0.25, -0.2) is 4.79 Å². The summed E-state index contributed by atoms with van der Waals surface area (Å²) in [5.41, 5.74) is 0.478. The molecule has 0 aliphatic heterocycles. The Bertz CT molecular complexity index is 641. The maximum Gasteiger partial charge on any atom is 0.335 e. The number of carboxylic acids is 1. The molecule has 0 saturated carbocycles. The SMILES string of the molecule is CCCCNc1cc(C(=O)O)cc(O)c1Oc1ccccc1. The highest BCUT2D eigenvalue weighted by Gasteiger charge is 2.16. The highest BCUT2D eigenvalue weighted by molar-refractivity contribution is 5.90. The number of phenols is 1. The molecular formula is C17H19NO4. The zero-order chi connectivity index (χ0) is 15.9. The Hall–Kier alpha value is -2.69. The van der Waals surface area contributed by atoms with Gasteiger partial charge in [-0.15, -0.1) is 0 Å². The molecule has 2 aromatic carbocycles. The van der Waals surface area contributed by atoms with E-state index in [-0.39, 0.29) is 17.1 Å². The number of hydrogen-bond acceptors (Lipinski definition) is 4. The molecule has 0 amide bonds. The quantitative estimate of drug-likeness (QED) is 0.671. The van der Waals surface area contributed by atoms with Crippen LogP contribution in [0.1, 0.15) is 30.1 Å². The lowest BCUT2D eigenvalue weighted by atomic mass is 10.1. The number of benzene rings is 2. The van der Waals surface area contributed by atoms with Gasteiger partial charge in [0.25, 0.3) is 0 Å². The second-order valence-corrected chi connectivity index (χ2v) is 4.87. The van der Waals surface area contributed by atoms with Crippen LogP contribution >= 0.6 is 0 Å². The average molecular weight is 301 g/mol. The Kier molecular flexibility index (Phi) is 5.25. The van der Waals surface area contributed by atoms with Crippen molar-refractivity contribution in [2.45, 2.75) is 19.8 Å². The van der Waals surface area contributed by atoms with E-state index in [4.69, 9.17) is 9.84 Å². The first kappa shape index (κ1) is 15.7. The zero-order valence-corrected chi connectivity index (χ0v) is 12.4. The topological polar surface area (TPSA) is 78.8 Å². The molecule has 0 aromatic heterocycles. The molecule has 22 heavy (non-hydrogen) atoms. The van der Waals surface area contributed by atoms with Crippen LogP contribution in [-0.4, -0.2) is 22.7 Å². The molecule has 0 heterocycles. The van der Waals surface area contributed by atoms with Gasteiger partial charge in [0.2, 0.25) is 0 Å². The molecule has 0 atom stereocenters. The molecule has 2 aromatic rings. The second kappa shape index (κ2) is 7.36. The fraction of sp³-hybridized carbons (Fsp3) is 0.235. The Labute approximate surface area is 129 Å². The minimum atomic E-state index is -1.10.